The molecule has 2 atom stereocenters. The molecule has 3 aromatic carbocycles. The maximum absolute atomic E-state index is 14.2. The Labute approximate surface area is 284 Å². The van der Waals surface area contributed by atoms with Gasteiger partial charge in [0.2, 0.25) is 0 Å². The van der Waals surface area contributed by atoms with Gasteiger partial charge in [0.05, 0.1) is 4.21 Å². The Morgan fingerprint density at radius 3 is 2.26 bits per heavy atom. The van der Waals surface area contributed by atoms with Crippen LogP contribution < -0.4 is 10.7 Å². The highest BCUT2D eigenvalue weighted by Crippen LogP contribution is 2.42. The number of amides is 2. The van der Waals surface area contributed by atoms with Crippen LogP contribution in [0.15, 0.2) is 123 Å². The highest BCUT2D eigenvalue weighted by molar-refractivity contribution is 8.04. The molecule has 1 aromatic heterocycles. The van der Waals surface area contributed by atoms with Crippen molar-refractivity contribution < 1.29 is 23.9 Å². The molecule has 1 N–H and O–H groups in total. The van der Waals surface area contributed by atoms with Crippen LogP contribution >= 0.6 is 34.9 Å². The van der Waals surface area contributed by atoms with Gasteiger partial charge in [-0.1, -0.05) is 84.6 Å². The van der Waals surface area contributed by atoms with Crippen molar-refractivity contribution >= 4 is 62.9 Å². The molecule has 8 nitrogen and oxygen atoms in total. The van der Waals surface area contributed by atoms with Gasteiger partial charge in [0, 0.05) is 21.9 Å². The van der Waals surface area contributed by atoms with Crippen molar-refractivity contribution in [2.75, 3.05) is 5.75 Å². The molecule has 0 spiro atoms. The molecule has 0 bridgehead atoms. The smallest absolute Gasteiger partial charge is 0.408 e. The fraction of sp³-hybridized carbons (Fsp3) is 0.222. The fourth-order valence-electron chi connectivity index (χ4n) is 5.26. The summed E-state index contributed by atoms with van der Waals surface area (Å²) < 4.78 is 13.3. The van der Waals surface area contributed by atoms with E-state index in [1.54, 1.807) is 32.9 Å². The van der Waals surface area contributed by atoms with Gasteiger partial charge in [-0.05, 0) is 61.1 Å². The van der Waals surface area contributed by atoms with Crippen molar-refractivity contribution in [2.24, 2.45) is 0 Å². The first-order valence-electron chi connectivity index (χ1n) is 14.9. The molecule has 1 saturated heterocycles. The first-order valence-corrected chi connectivity index (χ1v) is 17.7. The lowest BCUT2D eigenvalue weighted by molar-refractivity contribution is -0.153. The lowest BCUT2D eigenvalue weighted by Crippen LogP contribution is -2.70. The number of nitrogens with one attached hydrogen (secondary N) is 1. The molecule has 0 aliphatic carbocycles. The minimum Gasteiger partial charge on any atom is -0.448 e. The maximum Gasteiger partial charge on any atom is 0.408 e. The topological polar surface area (TPSA) is 102 Å². The van der Waals surface area contributed by atoms with E-state index in [0.29, 0.717) is 16.7 Å². The van der Waals surface area contributed by atoms with Crippen molar-refractivity contribution in [3.8, 4) is 0 Å². The molecule has 240 valence electrons. The van der Waals surface area contributed by atoms with E-state index in [0.717, 1.165) is 20.0 Å². The molecule has 11 heteroatoms. The van der Waals surface area contributed by atoms with Crippen LogP contribution in [0.1, 0.15) is 38.0 Å². The van der Waals surface area contributed by atoms with Crippen LogP contribution in [-0.2, 0) is 19.1 Å². The Hall–Kier alpha value is -4.32. The van der Waals surface area contributed by atoms with Gasteiger partial charge in [-0.3, -0.25) is 14.5 Å². The van der Waals surface area contributed by atoms with Crippen LogP contribution in [-0.4, -0.2) is 45.6 Å². The van der Waals surface area contributed by atoms with Gasteiger partial charge in [0.15, 0.2) is 11.5 Å². The highest BCUT2D eigenvalue weighted by atomic mass is 32.2. The van der Waals surface area contributed by atoms with Crippen molar-refractivity contribution in [2.45, 2.75) is 48.1 Å². The van der Waals surface area contributed by atoms with E-state index in [1.807, 2.05) is 90.3 Å². The molecular weight excluding hydrogens is 653 g/mol. The number of hydrogen-bond acceptors (Lipinski definition) is 9. The van der Waals surface area contributed by atoms with Crippen molar-refractivity contribution in [1.29, 1.82) is 0 Å². The second kappa shape index (κ2) is 13.8. The van der Waals surface area contributed by atoms with Gasteiger partial charge < -0.3 is 14.8 Å². The summed E-state index contributed by atoms with van der Waals surface area (Å²) in [6, 6.07) is 27.1. The summed E-state index contributed by atoms with van der Waals surface area (Å²) in [6.07, 6.45) is 0.375. The molecule has 0 saturated carbocycles. The van der Waals surface area contributed by atoms with Crippen molar-refractivity contribution in [3.05, 3.63) is 135 Å². The van der Waals surface area contributed by atoms with Crippen LogP contribution in [0.2, 0.25) is 0 Å². The molecule has 2 aliphatic rings. The van der Waals surface area contributed by atoms with E-state index in [1.165, 1.54) is 39.8 Å². The van der Waals surface area contributed by atoms with Gasteiger partial charge in [0.25, 0.3) is 5.91 Å². The van der Waals surface area contributed by atoms with Crippen molar-refractivity contribution in [3.63, 3.8) is 0 Å². The molecule has 6 rings (SSSR count). The average Bonchev–Trinajstić information content (AvgIpc) is 3.05. The number of hydrogen-bond donors (Lipinski definition) is 1. The molecule has 0 radical (unpaired) electrons. The fourth-order valence-corrected chi connectivity index (χ4v) is 8.56. The third-order valence-corrected chi connectivity index (χ3v) is 10.7. The third kappa shape index (κ3) is 7.32. The Morgan fingerprint density at radius 2 is 1.60 bits per heavy atom. The van der Waals surface area contributed by atoms with E-state index in [2.05, 4.69) is 5.32 Å². The summed E-state index contributed by atoms with van der Waals surface area (Å²) in [5.41, 5.74) is 1.50. The lowest BCUT2D eigenvalue weighted by Gasteiger charge is -2.49. The minimum absolute atomic E-state index is 0.0580. The second-order valence-corrected chi connectivity index (χ2v) is 15.3. The molecule has 3 heterocycles. The Balaban J connectivity index is 1.31. The predicted molar refractivity (Wildman–Crippen MR) is 187 cm³/mol. The monoisotopic (exact) mass is 684 g/mol. The number of carbonyl (C=O) groups is 3. The quantitative estimate of drug-likeness (QED) is 0.118. The van der Waals surface area contributed by atoms with Crippen LogP contribution in [0.5, 0.6) is 0 Å². The van der Waals surface area contributed by atoms with Gasteiger partial charge in [-0.25, -0.2) is 9.59 Å². The van der Waals surface area contributed by atoms with E-state index in [9.17, 15) is 19.2 Å². The highest BCUT2D eigenvalue weighted by Gasteiger charge is 2.54. The Bertz CT molecular complexity index is 1900. The normalized spacial score (nSPS) is 17.9. The number of benzene rings is 3. The largest absolute Gasteiger partial charge is 0.448 e. The zero-order valence-corrected chi connectivity index (χ0v) is 28.3. The third-order valence-electron chi connectivity index (χ3n) is 7.36. The summed E-state index contributed by atoms with van der Waals surface area (Å²) >= 11 is 4.31. The standard InChI is InChI=1S/C36H32N2O6S3/c1-36(2,3)44-35(42)37-29-32(40)38-30(34(41)43-31(22-12-6-4-7-13-22)23-14-8-5-9-15-23)24(21-46-33(29)38)18-19-45-28-20-26(39)25-16-10-11-17-27(25)47-28/h4-20,29,31,33H,21H2,1-3H3,(H,37,42)/b19-18+/t29-,33-/m1/s1. The first kappa shape index (κ1) is 32.6. The number of alkyl carbamates (subject to hydrolysis) is 1. The number of esters is 1. The zero-order chi connectivity index (χ0) is 33.1. The van der Waals surface area contributed by atoms with Crippen LogP contribution in [0.4, 0.5) is 4.79 Å². The van der Waals surface area contributed by atoms with E-state index in [4.69, 9.17) is 9.47 Å². The van der Waals surface area contributed by atoms with Gasteiger partial charge in [0.1, 0.15) is 22.7 Å². The van der Waals surface area contributed by atoms with E-state index >= 15 is 0 Å². The van der Waals surface area contributed by atoms with Crippen LogP contribution in [0.3, 0.4) is 0 Å². The van der Waals surface area contributed by atoms with Gasteiger partial charge in [-0.2, -0.15) is 0 Å². The number of fused-ring (bicyclic) bond motifs is 2. The number of allylic oxidation sites excluding steroid dienone is 1. The number of rotatable bonds is 8. The number of ether oxygens (including phenoxy) is 2. The molecule has 47 heavy (non-hydrogen) atoms. The van der Waals surface area contributed by atoms with Gasteiger partial charge in [-0.15, -0.1) is 23.1 Å². The van der Waals surface area contributed by atoms with E-state index in [-0.39, 0.29) is 11.1 Å². The number of nitrogens with zero attached hydrogens (tertiary/aromatic N) is 1. The molecule has 2 amide bonds. The van der Waals surface area contributed by atoms with Crippen LogP contribution in [0, 0.1) is 0 Å². The summed E-state index contributed by atoms with van der Waals surface area (Å²) in [5.74, 6) is -0.697. The predicted octanol–water partition coefficient (Wildman–Crippen LogP) is 7.26. The summed E-state index contributed by atoms with van der Waals surface area (Å²) in [6.45, 7) is 5.24. The van der Waals surface area contributed by atoms with E-state index < -0.39 is 41.1 Å². The molecule has 4 aromatic rings. The SMILES string of the molecule is CC(C)(C)OC(=O)N[C@@H]1C(=O)N2C(C(=O)OC(c3ccccc3)c3ccccc3)=C(/C=C/Sc3cc(=O)c4ccccc4s3)CS[C@H]12. The number of β-lactam (4-membered cyclic amide) rings is 1. The lowest BCUT2D eigenvalue weighted by atomic mass is 10.0. The van der Waals surface area contributed by atoms with Crippen LogP contribution in [0.25, 0.3) is 10.1 Å². The number of thioether (sulfide) groups is 2. The summed E-state index contributed by atoms with van der Waals surface area (Å²) in [4.78, 5) is 54.4. The second-order valence-electron chi connectivity index (χ2n) is 11.9. The molecule has 2 aliphatic heterocycles. The molecular formula is C36H32N2O6S3. The summed E-state index contributed by atoms with van der Waals surface area (Å²) in [7, 11) is 0. The average molecular weight is 685 g/mol. The summed E-state index contributed by atoms with van der Waals surface area (Å²) in [5, 5.41) is 4.65. The zero-order valence-electron chi connectivity index (χ0n) is 25.9. The Morgan fingerprint density at radius 1 is 0.957 bits per heavy atom. The minimum atomic E-state index is -0.855. The maximum atomic E-state index is 14.2. The molecule has 1 fully saturated rings. The Kier molecular flexibility index (Phi) is 9.58. The van der Waals surface area contributed by atoms with Gasteiger partial charge >= 0.3 is 12.1 Å². The first-order chi connectivity index (χ1) is 22.6. The number of carbonyl (C=O) groups excluding carboxylic acids is 3. The van der Waals surface area contributed by atoms with Crippen molar-refractivity contribution in [1.82, 2.24) is 10.2 Å². The molecule has 0 unspecified atom stereocenters.